The number of anilines is 1. The lowest BCUT2D eigenvalue weighted by Crippen LogP contribution is -2.12. The van der Waals surface area contributed by atoms with Gasteiger partial charge in [-0.1, -0.05) is 30.3 Å². The molecule has 2 aromatic rings. The van der Waals surface area contributed by atoms with Crippen molar-refractivity contribution in [2.24, 2.45) is 7.05 Å². The summed E-state index contributed by atoms with van der Waals surface area (Å²) in [5.74, 6) is 1.36. The van der Waals surface area contributed by atoms with Crippen LogP contribution >= 0.6 is 23.4 Å². The maximum atomic E-state index is 11.3. The fourth-order valence-corrected chi connectivity index (χ4v) is 2.66. The van der Waals surface area contributed by atoms with Gasteiger partial charge in [-0.3, -0.25) is 4.57 Å². The molecule has 2 N–H and O–H groups in total. The van der Waals surface area contributed by atoms with Crippen LogP contribution in [0.4, 0.5) is 5.82 Å². The minimum Gasteiger partial charge on any atom is -0.370 e. The van der Waals surface area contributed by atoms with Crippen molar-refractivity contribution < 1.29 is 0 Å². The van der Waals surface area contributed by atoms with Gasteiger partial charge >= 0.3 is 5.69 Å². The van der Waals surface area contributed by atoms with Crippen LogP contribution in [0, 0.1) is 0 Å². The number of hydrogen-bond acceptors (Lipinski definition) is 5. The van der Waals surface area contributed by atoms with E-state index < -0.39 is 0 Å². The Morgan fingerprint density at radius 1 is 1.50 bits per heavy atom. The van der Waals surface area contributed by atoms with E-state index in [-0.39, 0.29) is 5.69 Å². The van der Waals surface area contributed by atoms with Crippen molar-refractivity contribution in [1.29, 1.82) is 0 Å². The van der Waals surface area contributed by atoms with Crippen LogP contribution in [-0.4, -0.2) is 26.3 Å². The van der Waals surface area contributed by atoms with Crippen molar-refractivity contribution in [3.63, 3.8) is 0 Å². The Morgan fingerprint density at radius 2 is 2.30 bits per heavy atom. The van der Waals surface area contributed by atoms with E-state index in [0.29, 0.717) is 15.9 Å². The average Bonchev–Trinajstić information content (AvgIpc) is 2.76. The van der Waals surface area contributed by atoms with Crippen LogP contribution in [0.5, 0.6) is 0 Å². The predicted octanol–water partition coefficient (Wildman–Crippen LogP) is 2.27. The Morgan fingerprint density at radius 3 is 2.95 bits per heavy atom. The molecule has 0 saturated heterocycles. The monoisotopic (exact) mass is 313 g/mol. The second-order valence-corrected chi connectivity index (χ2v) is 5.56. The van der Waals surface area contributed by atoms with Gasteiger partial charge in [-0.15, -0.1) is 5.10 Å². The summed E-state index contributed by atoms with van der Waals surface area (Å²) in [4.78, 5) is 15.7. The lowest BCUT2D eigenvalue weighted by atomic mass is 10.3. The standard InChI is InChI=1S/C12H16ClN5OS/c1-3-6-14-10-5-4-8(13)9(15-10)7-20-12-17-16-11(19)18(12)2/h4-5H,3,6-7H2,1-2H3,(H,14,15)(H,16,19). The summed E-state index contributed by atoms with van der Waals surface area (Å²) < 4.78 is 1.46. The molecule has 2 rings (SSSR count). The molecule has 0 atom stereocenters. The minimum atomic E-state index is -0.232. The van der Waals surface area contributed by atoms with Crippen LogP contribution < -0.4 is 11.0 Å². The Balaban J connectivity index is 2.08. The molecule has 8 heteroatoms. The minimum absolute atomic E-state index is 0.232. The molecule has 0 radical (unpaired) electrons. The molecule has 108 valence electrons. The van der Waals surface area contributed by atoms with E-state index in [1.165, 1.54) is 16.3 Å². The van der Waals surface area contributed by atoms with Crippen molar-refractivity contribution in [3.05, 3.63) is 33.3 Å². The normalized spacial score (nSPS) is 10.8. The average molecular weight is 314 g/mol. The van der Waals surface area contributed by atoms with Crippen molar-refractivity contribution in [2.75, 3.05) is 11.9 Å². The lowest BCUT2D eigenvalue weighted by molar-refractivity contribution is 0.765. The summed E-state index contributed by atoms with van der Waals surface area (Å²) in [6, 6.07) is 3.68. The van der Waals surface area contributed by atoms with Gasteiger partial charge in [0.15, 0.2) is 5.16 Å². The highest BCUT2D eigenvalue weighted by Crippen LogP contribution is 2.24. The van der Waals surface area contributed by atoms with E-state index in [4.69, 9.17) is 11.6 Å². The first-order chi connectivity index (χ1) is 9.61. The molecule has 2 heterocycles. The molecule has 0 aliphatic carbocycles. The van der Waals surface area contributed by atoms with Gasteiger partial charge in [0.05, 0.1) is 10.7 Å². The van der Waals surface area contributed by atoms with Crippen LogP contribution in [-0.2, 0) is 12.8 Å². The number of thioether (sulfide) groups is 1. The zero-order valence-electron chi connectivity index (χ0n) is 11.3. The number of rotatable bonds is 6. The third kappa shape index (κ3) is 3.55. The van der Waals surface area contributed by atoms with Gasteiger partial charge in [-0.05, 0) is 18.6 Å². The number of aromatic nitrogens is 4. The summed E-state index contributed by atoms with van der Waals surface area (Å²) in [7, 11) is 1.67. The summed E-state index contributed by atoms with van der Waals surface area (Å²) in [6.45, 7) is 2.97. The number of H-pyrrole nitrogens is 1. The number of hydrogen-bond donors (Lipinski definition) is 2. The lowest BCUT2D eigenvalue weighted by Gasteiger charge is -2.08. The number of halogens is 1. The number of pyridine rings is 1. The third-order valence-corrected chi connectivity index (χ3v) is 4.04. The van der Waals surface area contributed by atoms with E-state index in [9.17, 15) is 4.79 Å². The molecule has 0 unspecified atom stereocenters. The first-order valence-electron chi connectivity index (χ1n) is 6.25. The summed E-state index contributed by atoms with van der Waals surface area (Å²) in [5.41, 5.74) is 0.540. The van der Waals surface area contributed by atoms with Crippen LogP contribution in [0.15, 0.2) is 22.1 Å². The molecule has 0 aliphatic heterocycles. The number of aromatic amines is 1. The molecule has 6 nitrogen and oxygen atoms in total. The highest BCUT2D eigenvalue weighted by Gasteiger charge is 2.09. The molecular weight excluding hydrogens is 298 g/mol. The van der Waals surface area contributed by atoms with Crippen LogP contribution in [0.2, 0.25) is 5.02 Å². The first kappa shape index (κ1) is 14.9. The second-order valence-electron chi connectivity index (χ2n) is 4.21. The van der Waals surface area contributed by atoms with Crippen molar-refractivity contribution in [2.45, 2.75) is 24.3 Å². The van der Waals surface area contributed by atoms with Gasteiger partial charge in [-0.2, -0.15) is 0 Å². The van der Waals surface area contributed by atoms with E-state index >= 15 is 0 Å². The summed E-state index contributed by atoms with van der Waals surface area (Å²) in [6.07, 6.45) is 1.03. The summed E-state index contributed by atoms with van der Waals surface area (Å²) >= 11 is 7.55. The molecule has 0 aliphatic rings. The van der Waals surface area contributed by atoms with Crippen molar-refractivity contribution in [1.82, 2.24) is 19.7 Å². The molecule has 0 spiro atoms. The highest BCUT2D eigenvalue weighted by atomic mass is 35.5. The van der Waals surface area contributed by atoms with Gasteiger partial charge in [0, 0.05) is 19.3 Å². The van der Waals surface area contributed by atoms with Crippen molar-refractivity contribution in [3.8, 4) is 0 Å². The largest absolute Gasteiger partial charge is 0.370 e. The third-order valence-electron chi connectivity index (χ3n) is 2.65. The van der Waals surface area contributed by atoms with Crippen LogP contribution in [0.1, 0.15) is 19.0 Å². The fraction of sp³-hybridized carbons (Fsp3) is 0.417. The zero-order valence-corrected chi connectivity index (χ0v) is 12.9. The van der Waals surface area contributed by atoms with E-state index in [2.05, 4.69) is 27.4 Å². The van der Waals surface area contributed by atoms with Gasteiger partial charge in [-0.25, -0.2) is 14.9 Å². The first-order valence-corrected chi connectivity index (χ1v) is 7.61. The Kier molecular flexibility index (Phi) is 5.08. The molecule has 20 heavy (non-hydrogen) atoms. The Bertz CT molecular complexity index is 639. The number of nitrogens with zero attached hydrogens (tertiary/aromatic N) is 3. The van der Waals surface area contributed by atoms with Crippen molar-refractivity contribution >= 4 is 29.2 Å². The molecular formula is C12H16ClN5OS. The molecule has 0 saturated carbocycles. The van der Waals surface area contributed by atoms with Crippen LogP contribution in [0.25, 0.3) is 0 Å². The zero-order chi connectivity index (χ0) is 14.5. The Labute approximate surface area is 125 Å². The molecule has 0 bridgehead atoms. The quantitative estimate of drug-likeness (QED) is 0.800. The van der Waals surface area contributed by atoms with Gasteiger partial charge in [0.1, 0.15) is 5.82 Å². The molecule has 0 amide bonds. The van der Waals surface area contributed by atoms with Gasteiger partial charge < -0.3 is 5.32 Å². The topological polar surface area (TPSA) is 75.6 Å². The summed E-state index contributed by atoms with van der Waals surface area (Å²) in [5, 5.41) is 10.8. The predicted molar refractivity (Wildman–Crippen MR) is 81.4 cm³/mol. The Hall–Kier alpha value is -1.47. The fourth-order valence-electron chi connectivity index (χ4n) is 1.53. The van der Waals surface area contributed by atoms with Gasteiger partial charge in [0.2, 0.25) is 0 Å². The number of nitrogens with one attached hydrogen (secondary N) is 2. The molecule has 0 aromatic carbocycles. The van der Waals surface area contributed by atoms with Crippen LogP contribution in [0.3, 0.4) is 0 Å². The van der Waals surface area contributed by atoms with Gasteiger partial charge in [0.25, 0.3) is 0 Å². The molecule has 2 aromatic heterocycles. The highest BCUT2D eigenvalue weighted by molar-refractivity contribution is 7.98. The van der Waals surface area contributed by atoms with E-state index in [0.717, 1.165) is 24.5 Å². The van der Waals surface area contributed by atoms with E-state index in [1.54, 1.807) is 7.05 Å². The maximum Gasteiger partial charge on any atom is 0.343 e. The second kappa shape index (κ2) is 6.81. The maximum absolute atomic E-state index is 11.3. The SMILES string of the molecule is CCCNc1ccc(Cl)c(CSc2n[nH]c(=O)n2C)n1. The molecule has 0 fully saturated rings. The van der Waals surface area contributed by atoms with E-state index in [1.807, 2.05) is 12.1 Å². The smallest absolute Gasteiger partial charge is 0.343 e.